The van der Waals surface area contributed by atoms with E-state index in [1.165, 1.54) is 44.3 Å². The van der Waals surface area contributed by atoms with E-state index in [2.05, 4.69) is 21.3 Å². The Kier molecular flexibility index (Phi) is 6.89. The molecule has 1 amide bonds. The highest BCUT2D eigenvalue weighted by Crippen LogP contribution is 2.23. The summed E-state index contributed by atoms with van der Waals surface area (Å²) in [5.74, 6) is -0.139. The van der Waals surface area contributed by atoms with E-state index in [-0.39, 0.29) is 5.91 Å². The van der Waals surface area contributed by atoms with Gasteiger partial charge in [-0.15, -0.1) is 0 Å². The molecular weight excluding hydrogens is 442 g/mol. The van der Waals surface area contributed by atoms with Gasteiger partial charge in [-0.3, -0.25) is 14.7 Å². The summed E-state index contributed by atoms with van der Waals surface area (Å²) in [6.45, 7) is 3.29. The number of carbonyl (C=O) groups is 1. The summed E-state index contributed by atoms with van der Waals surface area (Å²) in [6, 6.07) is 23.4. The number of aromatic nitrogens is 1. The van der Waals surface area contributed by atoms with Gasteiger partial charge in [0.2, 0.25) is 0 Å². The van der Waals surface area contributed by atoms with Crippen molar-refractivity contribution >= 4 is 34.1 Å². The first-order valence-electron chi connectivity index (χ1n) is 11.9. The number of nitrogens with one attached hydrogen (secondary N) is 1. The first-order valence-corrected chi connectivity index (χ1v) is 12.3. The van der Waals surface area contributed by atoms with Crippen LogP contribution >= 0.6 is 11.6 Å². The van der Waals surface area contributed by atoms with Crippen LogP contribution in [0.3, 0.4) is 0 Å². The third-order valence-corrected chi connectivity index (χ3v) is 6.68. The van der Waals surface area contributed by atoms with Crippen LogP contribution in [0.15, 0.2) is 79.0 Å². The Bertz CT molecular complexity index is 1280. The second kappa shape index (κ2) is 10.4. The lowest BCUT2D eigenvalue weighted by molar-refractivity contribution is 0.102. The fourth-order valence-corrected chi connectivity index (χ4v) is 4.67. The number of likely N-dealkylation sites (tertiary alicyclic amines) is 1. The molecule has 0 bridgehead atoms. The van der Waals surface area contributed by atoms with Crippen molar-refractivity contribution in [1.82, 2.24) is 9.88 Å². The number of rotatable bonds is 5. The molecule has 2 heterocycles. The molecule has 1 N–H and O–H groups in total. The van der Waals surface area contributed by atoms with Crippen molar-refractivity contribution in [2.75, 3.05) is 18.4 Å². The first-order chi connectivity index (χ1) is 16.6. The lowest BCUT2D eigenvalue weighted by Crippen LogP contribution is -2.23. The molecule has 1 fully saturated rings. The Morgan fingerprint density at radius 1 is 0.853 bits per heavy atom. The van der Waals surface area contributed by atoms with Crippen LogP contribution in [-0.4, -0.2) is 28.9 Å². The molecule has 0 spiro atoms. The molecule has 172 valence electrons. The third-order valence-electron chi connectivity index (χ3n) is 6.43. The minimum Gasteiger partial charge on any atom is -0.322 e. The number of benzene rings is 3. The van der Waals surface area contributed by atoms with E-state index < -0.39 is 0 Å². The molecule has 34 heavy (non-hydrogen) atoms. The molecule has 0 unspecified atom stereocenters. The van der Waals surface area contributed by atoms with Crippen LogP contribution in [0.2, 0.25) is 5.02 Å². The number of carbonyl (C=O) groups excluding carboxylic acids is 1. The number of anilines is 1. The number of amides is 1. The predicted molar refractivity (Wildman–Crippen MR) is 140 cm³/mol. The van der Waals surface area contributed by atoms with Gasteiger partial charge in [-0.1, -0.05) is 54.8 Å². The number of hydrogen-bond donors (Lipinski definition) is 1. The van der Waals surface area contributed by atoms with Crippen LogP contribution in [0, 0.1) is 0 Å². The molecule has 1 aromatic heterocycles. The summed E-state index contributed by atoms with van der Waals surface area (Å²) in [7, 11) is 0. The van der Waals surface area contributed by atoms with Gasteiger partial charge in [-0.2, -0.15) is 0 Å². The van der Waals surface area contributed by atoms with Crippen molar-refractivity contribution in [3.63, 3.8) is 0 Å². The van der Waals surface area contributed by atoms with Crippen LogP contribution < -0.4 is 5.32 Å². The molecule has 0 radical (unpaired) electrons. The van der Waals surface area contributed by atoms with Crippen molar-refractivity contribution in [3.05, 3.63) is 95.1 Å². The molecule has 0 aliphatic carbocycles. The molecular formula is C29H28ClN3O. The Labute approximate surface area is 205 Å². The molecule has 5 heteroatoms. The summed E-state index contributed by atoms with van der Waals surface area (Å²) < 4.78 is 0. The fourth-order valence-electron chi connectivity index (χ4n) is 4.54. The van der Waals surface area contributed by atoms with Gasteiger partial charge < -0.3 is 5.32 Å². The number of pyridine rings is 1. The summed E-state index contributed by atoms with van der Waals surface area (Å²) in [5.41, 5.74) is 5.58. The molecule has 1 saturated heterocycles. The monoisotopic (exact) mass is 469 g/mol. The highest BCUT2D eigenvalue weighted by molar-refractivity contribution is 6.30. The summed E-state index contributed by atoms with van der Waals surface area (Å²) in [5, 5.41) is 4.80. The molecule has 0 atom stereocenters. The smallest absolute Gasteiger partial charge is 0.255 e. The van der Waals surface area contributed by atoms with Gasteiger partial charge in [0.15, 0.2) is 0 Å². The van der Waals surface area contributed by atoms with Gasteiger partial charge in [0.25, 0.3) is 5.91 Å². The largest absolute Gasteiger partial charge is 0.322 e. The zero-order valence-corrected chi connectivity index (χ0v) is 19.9. The van der Waals surface area contributed by atoms with Gasteiger partial charge in [0, 0.05) is 34.4 Å². The second-order valence-electron chi connectivity index (χ2n) is 8.98. The van der Waals surface area contributed by atoms with Gasteiger partial charge >= 0.3 is 0 Å². The minimum atomic E-state index is -0.139. The van der Waals surface area contributed by atoms with Gasteiger partial charge in [-0.25, -0.2) is 0 Å². The van der Waals surface area contributed by atoms with E-state index >= 15 is 0 Å². The zero-order chi connectivity index (χ0) is 23.3. The number of fused-ring (bicyclic) bond motifs is 1. The highest BCUT2D eigenvalue weighted by atomic mass is 35.5. The SMILES string of the molecule is O=C(Nc1ccc2cc(CN3CCCCCC3)cnc2c1)c1ccc(-c2ccc(Cl)cc2)cc1. The number of hydrogen-bond acceptors (Lipinski definition) is 3. The van der Waals surface area contributed by atoms with E-state index in [1.807, 2.05) is 72.9 Å². The Morgan fingerprint density at radius 2 is 1.53 bits per heavy atom. The van der Waals surface area contributed by atoms with Crippen molar-refractivity contribution in [1.29, 1.82) is 0 Å². The summed E-state index contributed by atoms with van der Waals surface area (Å²) in [4.78, 5) is 20.0. The lowest BCUT2D eigenvalue weighted by atomic mass is 10.0. The van der Waals surface area contributed by atoms with Gasteiger partial charge in [0.1, 0.15) is 0 Å². The Hall–Kier alpha value is -3.21. The minimum absolute atomic E-state index is 0.139. The average molecular weight is 470 g/mol. The van der Waals surface area contributed by atoms with Crippen molar-refractivity contribution in [3.8, 4) is 11.1 Å². The average Bonchev–Trinajstić information content (AvgIpc) is 3.13. The van der Waals surface area contributed by atoms with Crippen LogP contribution in [-0.2, 0) is 6.54 Å². The molecule has 3 aromatic carbocycles. The van der Waals surface area contributed by atoms with Crippen LogP contribution in [0.4, 0.5) is 5.69 Å². The quantitative estimate of drug-likeness (QED) is 0.336. The van der Waals surface area contributed by atoms with E-state index in [9.17, 15) is 4.79 Å². The second-order valence-corrected chi connectivity index (χ2v) is 9.42. The number of halogens is 1. The highest BCUT2D eigenvalue weighted by Gasteiger charge is 2.11. The molecule has 5 rings (SSSR count). The summed E-state index contributed by atoms with van der Waals surface area (Å²) >= 11 is 5.97. The Balaban J connectivity index is 1.25. The maximum absolute atomic E-state index is 12.8. The summed E-state index contributed by atoms with van der Waals surface area (Å²) in [6.07, 6.45) is 7.22. The van der Waals surface area contributed by atoms with Crippen LogP contribution in [0.1, 0.15) is 41.6 Å². The Morgan fingerprint density at radius 3 is 2.24 bits per heavy atom. The number of nitrogens with zero attached hydrogens (tertiary/aromatic N) is 2. The molecule has 4 nitrogen and oxygen atoms in total. The predicted octanol–water partition coefficient (Wildman–Crippen LogP) is 7.18. The van der Waals surface area contributed by atoms with E-state index in [0.29, 0.717) is 10.6 Å². The molecule has 1 aliphatic rings. The molecule has 0 saturated carbocycles. The first kappa shape index (κ1) is 22.6. The zero-order valence-electron chi connectivity index (χ0n) is 19.1. The maximum Gasteiger partial charge on any atom is 0.255 e. The van der Waals surface area contributed by atoms with Crippen molar-refractivity contribution in [2.45, 2.75) is 32.2 Å². The molecule has 4 aromatic rings. The lowest BCUT2D eigenvalue weighted by Gasteiger charge is -2.19. The normalized spacial score (nSPS) is 14.6. The molecule has 1 aliphatic heterocycles. The van der Waals surface area contributed by atoms with Crippen LogP contribution in [0.25, 0.3) is 22.0 Å². The van der Waals surface area contributed by atoms with Crippen molar-refractivity contribution < 1.29 is 4.79 Å². The third kappa shape index (κ3) is 5.46. The van der Waals surface area contributed by atoms with Gasteiger partial charge in [0.05, 0.1) is 5.52 Å². The van der Waals surface area contributed by atoms with Crippen molar-refractivity contribution in [2.24, 2.45) is 0 Å². The standard InChI is InChI=1S/C29H28ClN3O/c30-26-12-9-23(10-13-26)22-5-7-24(8-6-22)29(34)32-27-14-11-25-17-21(19-31-28(25)18-27)20-33-15-3-1-2-4-16-33/h5-14,17-19H,1-4,15-16,20H2,(H,32,34). The topological polar surface area (TPSA) is 45.2 Å². The van der Waals surface area contributed by atoms with Gasteiger partial charge in [-0.05, 0) is 85.1 Å². The van der Waals surface area contributed by atoms with E-state index in [4.69, 9.17) is 11.6 Å². The van der Waals surface area contributed by atoms with E-state index in [0.717, 1.165) is 34.3 Å². The fraction of sp³-hybridized carbons (Fsp3) is 0.241. The maximum atomic E-state index is 12.8. The van der Waals surface area contributed by atoms with E-state index in [1.54, 1.807) is 0 Å². The van der Waals surface area contributed by atoms with Crippen LogP contribution in [0.5, 0.6) is 0 Å².